The van der Waals surface area contributed by atoms with Gasteiger partial charge in [0.2, 0.25) is 5.91 Å². The fraction of sp³-hybridized carbons (Fsp3) is 0.933. The van der Waals surface area contributed by atoms with E-state index in [4.69, 9.17) is 0 Å². The van der Waals surface area contributed by atoms with Gasteiger partial charge in [-0.05, 0) is 23.7 Å². The van der Waals surface area contributed by atoms with Crippen molar-refractivity contribution in [1.82, 2.24) is 5.32 Å². The third-order valence-corrected chi connectivity index (χ3v) is 5.76. The van der Waals surface area contributed by atoms with Gasteiger partial charge in [-0.2, -0.15) is 0 Å². The van der Waals surface area contributed by atoms with Crippen molar-refractivity contribution in [3.05, 3.63) is 0 Å². The summed E-state index contributed by atoms with van der Waals surface area (Å²) in [5.41, 5.74) is 0.00755. The molecule has 3 nitrogen and oxygen atoms in total. The van der Waals surface area contributed by atoms with Crippen molar-refractivity contribution in [3.63, 3.8) is 0 Å². The molecule has 0 aromatic carbocycles. The van der Waals surface area contributed by atoms with Crippen LogP contribution in [0, 0.1) is 22.2 Å². The molecule has 1 aliphatic carbocycles. The summed E-state index contributed by atoms with van der Waals surface area (Å²) in [7, 11) is 0. The van der Waals surface area contributed by atoms with Crippen LogP contribution in [0.4, 0.5) is 0 Å². The summed E-state index contributed by atoms with van der Waals surface area (Å²) in [5.74, 6) is 0.236. The Morgan fingerprint density at radius 2 is 1.61 bits per heavy atom. The van der Waals surface area contributed by atoms with E-state index in [1.54, 1.807) is 0 Å². The van der Waals surface area contributed by atoms with Crippen LogP contribution < -0.4 is 5.32 Å². The summed E-state index contributed by atoms with van der Waals surface area (Å²) in [5, 5.41) is 12.5. The molecule has 0 aromatic heterocycles. The molecular formula is C15H29NO2. The highest BCUT2D eigenvalue weighted by Gasteiger charge is 2.68. The highest BCUT2D eigenvalue weighted by molar-refractivity contribution is 5.84. The highest BCUT2D eigenvalue weighted by Crippen LogP contribution is 2.68. The van der Waals surface area contributed by atoms with Crippen molar-refractivity contribution < 1.29 is 9.90 Å². The average Bonchev–Trinajstić information content (AvgIpc) is 2.72. The number of aliphatic hydroxyl groups excluding tert-OH is 1. The van der Waals surface area contributed by atoms with Gasteiger partial charge in [0, 0.05) is 17.9 Å². The number of carbonyl (C=O) groups is 1. The van der Waals surface area contributed by atoms with E-state index in [2.05, 4.69) is 46.9 Å². The quantitative estimate of drug-likeness (QED) is 0.766. The molecule has 106 valence electrons. The first-order valence-electron chi connectivity index (χ1n) is 7.07. The van der Waals surface area contributed by atoms with Gasteiger partial charge in [0.1, 0.15) is 0 Å². The molecule has 1 fully saturated rings. The Hall–Kier alpha value is -0.570. The SMILES string of the molecule is CCC(CC)(CO)CNC(=O)C1C(C)(C)C1(C)C. The van der Waals surface area contributed by atoms with Gasteiger partial charge in [-0.3, -0.25) is 4.79 Å². The maximum Gasteiger partial charge on any atom is 0.224 e. The first-order chi connectivity index (χ1) is 8.18. The van der Waals surface area contributed by atoms with Gasteiger partial charge in [-0.15, -0.1) is 0 Å². The Bertz CT molecular complexity index is 294. The summed E-state index contributed by atoms with van der Waals surface area (Å²) in [6.07, 6.45) is 1.77. The lowest BCUT2D eigenvalue weighted by Crippen LogP contribution is -2.40. The topological polar surface area (TPSA) is 49.3 Å². The van der Waals surface area contributed by atoms with Gasteiger partial charge < -0.3 is 10.4 Å². The van der Waals surface area contributed by atoms with Crippen LogP contribution in [0.3, 0.4) is 0 Å². The molecule has 0 radical (unpaired) electrons. The van der Waals surface area contributed by atoms with Crippen LogP contribution in [0.1, 0.15) is 54.4 Å². The zero-order valence-electron chi connectivity index (χ0n) is 12.8. The number of amides is 1. The highest BCUT2D eigenvalue weighted by atomic mass is 16.3. The molecule has 1 aliphatic rings. The van der Waals surface area contributed by atoms with Crippen LogP contribution in [0.2, 0.25) is 0 Å². The van der Waals surface area contributed by atoms with E-state index in [1.807, 2.05) is 0 Å². The van der Waals surface area contributed by atoms with Crippen LogP contribution >= 0.6 is 0 Å². The molecule has 1 rings (SSSR count). The Morgan fingerprint density at radius 3 is 1.89 bits per heavy atom. The Kier molecular flexibility index (Phi) is 4.16. The van der Waals surface area contributed by atoms with Gasteiger partial charge in [0.25, 0.3) is 0 Å². The molecule has 0 heterocycles. The predicted octanol–water partition coefficient (Wildman–Crippen LogP) is 2.58. The first kappa shape index (κ1) is 15.5. The van der Waals surface area contributed by atoms with Gasteiger partial charge in [-0.25, -0.2) is 0 Å². The Balaban J connectivity index is 2.58. The second kappa shape index (κ2) is 4.84. The minimum Gasteiger partial charge on any atom is -0.396 e. The van der Waals surface area contributed by atoms with Crippen LogP contribution in [-0.4, -0.2) is 24.2 Å². The summed E-state index contributed by atoms with van der Waals surface area (Å²) in [4.78, 5) is 12.2. The molecule has 18 heavy (non-hydrogen) atoms. The summed E-state index contributed by atoms with van der Waals surface area (Å²) in [6.45, 7) is 13.4. The zero-order valence-corrected chi connectivity index (χ0v) is 12.8. The fourth-order valence-electron chi connectivity index (χ4n) is 3.01. The third-order valence-electron chi connectivity index (χ3n) is 5.76. The number of nitrogens with one attached hydrogen (secondary N) is 1. The van der Waals surface area contributed by atoms with Crippen LogP contribution in [0.15, 0.2) is 0 Å². The lowest BCUT2D eigenvalue weighted by molar-refractivity contribution is -0.124. The van der Waals surface area contributed by atoms with Crippen molar-refractivity contribution in [2.75, 3.05) is 13.2 Å². The molecule has 0 atom stereocenters. The van der Waals surface area contributed by atoms with Crippen molar-refractivity contribution in [3.8, 4) is 0 Å². The molecule has 0 unspecified atom stereocenters. The molecule has 0 aromatic rings. The smallest absolute Gasteiger partial charge is 0.224 e. The monoisotopic (exact) mass is 255 g/mol. The van der Waals surface area contributed by atoms with Crippen LogP contribution in [0.25, 0.3) is 0 Å². The number of rotatable bonds is 6. The van der Waals surface area contributed by atoms with E-state index in [0.29, 0.717) is 6.54 Å². The molecule has 0 spiro atoms. The van der Waals surface area contributed by atoms with E-state index in [0.717, 1.165) is 12.8 Å². The first-order valence-corrected chi connectivity index (χ1v) is 7.07. The number of aliphatic hydroxyl groups is 1. The molecule has 3 heteroatoms. The molecule has 1 amide bonds. The Morgan fingerprint density at radius 1 is 1.17 bits per heavy atom. The van der Waals surface area contributed by atoms with Crippen LogP contribution in [0.5, 0.6) is 0 Å². The largest absolute Gasteiger partial charge is 0.396 e. The molecule has 0 saturated heterocycles. The molecular weight excluding hydrogens is 226 g/mol. The second-order valence-electron chi connectivity index (χ2n) is 6.96. The number of carbonyl (C=O) groups excluding carboxylic acids is 1. The van der Waals surface area contributed by atoms with Gasteiger partial charge in [-0.1, -0.05) is 41.5 Å². The van der Waals surface area contributed by atoms with E-state index in [-0.39, 0.29) is 34.7 Å². The summed E-state index contributed by atoms with van der Waals surface area (Å²) >= 11 is 0. The lowest BCUT2D eigenvalue weighted by Gasteiger charge is -2.29. The normalized spacial score (nSPS) is 21.7. The van der Waals surface area contributed by atoms with E-state index in [1.165, 1.54) is 0 Å². The average molecular weight is 255 g/mol. The minimum atomic E-state index is -0.154. The number of hydrogen-bond acceptors (Lipinski definition) is 2. The second-order valence-corrected chi connectivity index (χ2v) is 6.96. The molecule has 2 N–H and O–H groups in total. The van der Waals surface area contributed by atoms with Gasteiger partial charge in [0.15, 0.2) is 0 Å². The maximum absolute atomic E-state index is 12.2. The van der Waals surface area contributed by atoms with Crippen molar-refractivity contribution in [2.45, 2.75) is 54.4 Å². The third kappa shape index (κ3) is 2.29. The summed E-state index contributed by atoms with van der Waals surface area (Å²) in [6, 6.07) is 0. The van der Waals surface area contributed by atoms with Crippen LogP contribution in [-0.2, 0) is 4.79 Å². The lowest BCUT2D eigenvalue weighted by atomic mass is 9.83. The van der Waals surface area contributed by atoms with Gasteiger partial charge >= 0.3 is 0 Å². The van der Waals surface area contributed by atoms with Crippen molar-refractivity contribution in [2.24, 2.45) is 22.2 Å². The zero-order chi connectivity index (χ0) is 14.2. The van der Waals surface area contributed by atoms with E-state index >= 15 is 0 Å². The summed E-state index contributed by atoms with van der Waals surface area (Å²) < 4.78 is 0. The molecule has 0 bridgehead atoms. The molecule has 1 saturated carbocycles. The number of hydrogen-bond donors (Lipinski definition) is 2. The van der Waals surface area contributed by atoms with Crippen molar-refractivity contribution in [1.29, 1.82) is 0 Å². The van der Waals surface area contributed by atoms with Crippen molar-refractivity contribution >= 4 is 5.91 Å². The van der Waals surface area contributed by atoms with Gasteiger partial charge in [0.05, 0.1) is 6.61 Å². The predicted molar refractivity (Wildman–Crippen MR) is 74.2 cm³/mol. The minimum absolute atomic E-state index is 0.0807. The maximum atomic E-state index is 12.2. The van der Waals surface area contributed by atoms with E-state index < -0.39 is 0 Å². The molecule has 0 aliphatic heterocycles. The fourth-order valence-corrected chi connectivity index (χ4v) is 3.01. The Labute approximate surface area is 111 Å². The standard InChI is InChI=1S/C15H29NO2/c1-7-15(8-2,10-17)9-16-12(18)11-13(3,4)14(11,5)6/h11,17H,7-10H2,1-6H3,(H,16,18). The van der Waals surface area contributed by atoms with E-state index in [9.17, 15) is 9.90 Å².